The molecule has 0 spiro atoms. The normalized spacial score (nSPS) is 36.7. The van der Waals surface area contributed by atoms with E-state index in [0.29, 0.717) is 6.42 Å². The Kier molecular flexibility index (Phi) is 0.889. The average molecular weight is 99.1 g/mol. The average Bonchev–Trinajstić information content (AvgIpc) is 2.22. The maximum Gasteiger partial charge on any atom is 0.0658 e. The molecule has 1 aliphatic rings. The molecule has 1 saturated carbocycles. The number of hydrogen-bond donors (Lipinski definition) is 1. The Labute approximate surface area is 40.4 Å². The summed E-state index contributed by atoms with van der Waals surface area (Å²) in [6.45, 7) is 0. The maximum absolute atomic E-state index is 8.49. The zero-order chi connectivity index (χ0) is 5.28. The van der Waals surface area contributed by atoms with E-state index in [0.717, 1.165) is 0 Å². The summed E-state index contributed by atoms with van der Waals surface area (Å²) < 4.78 is 0. The van der Waals surface area contributed by atoms with Crippen LogP contribution >= 0.6 is 0 Å². The molecule has 0 bridgehead atoms. The van der Waals surface area contributed by atoms with Crippen LogP contribution in [0.2, 0.25) is 0 Å². The first-order valence-corrected chi connectivity index (χ1v) is 2.07. The van der Waals surface area contributed by atoms with Crippen LogP contribution in [-0.4, -0.2) is 17.3 Å². The summed E-state index contributed by atoms with van der Waals surface area (Å²) in [5, 5.41) is 11.7. The van der Waals surface area contributed by atoms with Gasteiger partial charge < -0.3 is 5.11 Å². The number of nitrogens with zero attached hydrogens (tertiary/aromatic N) is 3. The molecule has 0 saturated heterocycles. The Balaban J connectivity index is 2.34. The van der Waals surface area contributed by atoms with Gasteiger partial charge in [0.05, 0.1) is 12.1 Å². The number of aliphatic hydroxyl groups is 1. The third-order valence-corrected chi connectivity index (χ3v) is 0.924. The van der Waals surface area contributed by atoms with Gasteiger partial charge in [-0.2, -0.15) is 0 Å². The Bertz CT molecular complexity index is 117. The molecule has 1 aliphatic carbocycles. The van der Waals surface area contributed by atoms with Crippen LogP contribution in [0.1, 0.15) is 6.42 Å². The summed E-state index contributed by atoms with van der Waals surface area (Å²) in [6.07, 6.45) is 0.292. The molecule has 1 N–H and O–H groups in total. The first kappa shape index (κ1) is 4.43. The van der Waals surface area contributed by atoms with E-state index in [4.69, 9.17) is 10.6 Å². The van der Waals surface area contributed by atoms with Crippen molar-refractivity contribution in [2.24, 2.45) is 5.11 Å². The van der Waals surface area contributed by atoms with Gasteiger partial charge in [-0.25, -0.2) is 0 Å². The fourth-order valence-corrected chi connectivity index (χ4v) is 0.359. The predicted octanol–water partition coefficient (Wildman–Crippen LogP) is 0.430. The molecule has 0 aromatic rings. The van der Waals surface area contributed by atoms with Crippen molar-refractivity contribution < 1.29 is 5.11 Å². The van der Waals surface area contributed by atoms with Crippen LogP contribution in [0, 0.1) is 0 Å². The van der Waals surface area contributed by atoms with E-state index in [1.807, 2.05) is 0 Å². The smallest absolute Gasteiger partial charge is 0.0658 e. The van der Waals surface area contributed by atoms with Gasteiger partial charge in [0.25, 0.3) is 0 Å². The highest BCUT2D eigenvalue weighted by atomic mass is 16.3. The van der Waals surface area contributed by atoms with Crippen molar-refractivity contribution in [1.82, 2.24) is 0 Å². The standard InChI is InChI=1S/C3H5N3O/c4-6-5-2-1-3(2)7/h2-3,7H,1H2/t2-,3-/m1/s1. The molecule has 0 radical (unpaired) electrons. The molecule has 38 valence electrons. The topological polar surface area (TPSA) is 69.0 Å². The minimum absolute atomic E-state index is 0.120. The first-order chi connectivity index (χ1) is 3.34. The van der Waals surface area contributed by atoms with Gasteiger partial charge in [0.15, 0.2) is 0 Å². The van der Waals surface area contributed by atoms with Gasteiger partial charge in [0, 0.05) is 4.91 Å². The molecule has 1 rings (SSSR count). The van der Waals surface area contributed by atoms with Crippen molar-refractivity contribution in [3.63, 3.8) is 0 Å². The van der Waals surface area contributed by atoms with E-state index in [1.54, 1.807) is 0 Å². The monoisotopic (exact) mass is 99.0 g/mol. The fraction of sp³-hybridized carbons (Fsp3) is 1.00. The minimum Gasteiger partial charge on any atom is -0.393 e. The third kappa shape index (κ3) is 0.824. The summed E-state index contributed by atoms with van der Waals surface area (Å²) in [5.74, 6) is 0. The largest absolute Gasteiger partial charge is 0.393 e. The van der Waals surface area contributed by atoms with E-state index in [-0.39, 0.29) is 12.1 Å². The second-order valence-corrected chi connectivity index (χ2v) is 1.58. The van der Waals surface area contributed by atoms with Crippen LogP contribution in [0.4, 0.5) is 0 Å². The molecule has 4 heteroatoms. The number of azide groups is 1. The third-order valence-electron chi connectivity index (χ3n) is 0.924. The molecule has 7 heavy (non-hydrogen) atoms. The quantitative estimate of drug-likeness (QED) is 0.289. The lowest BCUT2D eigenvalue weighted by atomic mass is 10.7. The van der Waals surface area contributed by atoms with E-state index in [9.17, 15) is 0 Å². The molecule has 0 aromatic heterocycles. The van der Waals surface area contributed by atoms with Crippen LogP contribution in [0.25, 0.3) is 10.4 Å². The molecule has 0 heterocycles. The highest BCUT2D eigenvalue weighted by molar-refractivity contribution is 4.92. The van der Waals surface area contributed by atoms with E-state index >= 15 is 0 Å². The molecule has 2 atom stereocenters. The highest BCUT2D eigenvalue weighted by Gasteiger charge is 2.33. The molecule has 0 unspecified atom stereocenters. The van der Waals surface area contributed by atoms with Gasteiger partial charge in [-0.3, -0.25) is 0 Å². The lowest BCUT2D eigenvalue weighted by Gasteiger charge is -1.71. The summed E-state index contributed by atoms with van der Waals surface area (Å²) in [5.41, 5.74) is 7.74. The summed E-state index contributed by atoms with van der Waals surface area (Å²) in [4.78, 5) is 2.51. The molecule has 4 nitrogen and oxygen atoms in total. The minimum atomic E-state index is -0.351. The van der Waals surface area contributed by atoms with Crippen molar-refractivity contribution in [2.45, 2.75) is 18.6 Å². The van der Waals surface area contributed by atoms with Gasteiger partial charge in [0.2, 0.25) is 0 Å². The molecule has 0 aromatic carbocycles. The Hall–Kier alpha value is -0.730. The fourth-order valence-electron chi connectivity index (χ4n) is 0.359. The SMILES string of the molecule is [N-]=[N+]=N[C@@H]1C[C@H]1O. The summed E-state index contributed by atoms with van der Waals surface area (Å²) in [7, 11) is 0. The lowest BCUT2D eigenvalue weighted by Crippen LogP contribution is -1.82. The molecule has 0 aliphatic heterocycles. The summed E-state index contributed by atoms with van der Waals surface area (Å²) in [6, 6.07) is -0.120. The van der Waals surface area contributed by atoms with Crippen molar-refractivity contribution in [2.75, 3.05) is 0 Å². The van der Waals surface area contributed by atoms with Crippen molar-refractivity contribution in [3.8, 4) is 0 Å². The van der Waals surface area contributed by atoms with Gasteiger partial charge in [-0.05, 0) is 12.0 Å². The Morgan fingerprint density at radius 1 is 1.86 bits per heavy atom. The molecule has 0 amide bonds. The highest BCUT2D eigenvalue weighted by Crippen LogP contribution is 2.24. The van der Waals surface area contributed by atoms with Crippen LogP contribution in [0.15, 0.2) is 5.11 Å². The number of hydrogen-bond acceptors (Lipinski definition) is 2. The van der Waals surface area contributed by atoms with E-state index in [2.05, 4.69) is 10.0 Å². The van der Waals surface area contributed by atoms with Crippen molar-refractivity contribution in [3.05, 3.63) is 10.4 Å². The van der Waals surface area contributed by atoms with Gasteiger partial charge in [0.1, 0.15) is 0 Å². The second kappa shape index (κ2) is 1.40. The molecular weight excluding hydrogens is 94.1 g/mol. The zero-order valence-electron chi connectivity index (χ0n) is 3.65. The van der Waals surface area contributed by atoms with Crippen molar-refractivity contribution >= 4 is 0 Å². The van der Waals surface area contributed by atoms with Crippen LogP contribution in [0.3, 0.4) is 0 Å². The Morgan fingerprint density at radius 3 is 2.57 bits per heavy atom. The number of aliphatic hydroxyl groups excluding tert-OH is 1. The second-order valence-electron chi connectivity index (χ2n) is 1.58. The van der Waals surface area contributed by atoms with Crippen LogP contribution in [-0.2, 0) is 0 Å². The van der Waals surface area contributed by atoms with Crippen LogP contribution < -0.4 is 0 Å². The van der Waals surface area contributed by atoms with E-state index < -0.39 is 0 Å². The summed E-state index contributed by atoms with van der Waals surface area (Å²) >= 11 is 0. The van der Waals surface area contributed by atoms with Gasteiger partial charge >= 0.3 is 0 Å². The van der Waals surface area contributed by atoms with Crippen molar-refractivity contribution in [1.29, 1.82) is 0 Å². The predicted molar refractivity (Wildman–Crippen MR) is 23.6 cm³/mol. The Morgan fingerprint density at radius 2 is 2.43 bits per heavy atom. The van der Waals surface area contributed by atoms with E-state index in [1.165, 1.54) is 0 Å². The zero-order valence-corrected chi connectivity index (χ0v) is 3.65. The number of rotatable bonds is 1. The van der Waals surface area contributed by atoms with Gasteiger partial charge in [-0.15, -0.1) is 0 Å². The first-order valence-electron chi connectivity index (χ1n) is 2.07. The van der Waals surface area contributed by atoms with Crippen LogP contribution in [0.5, 0.6) is 0 Å². The maximum atomic E-state index is 8.49. The lowest BCUT2D eigenvalue weighted by molar-refractivity contribution is 0.272. The molecule has 1 fully saturated rings. The molecular formula is C3H5N3O. The van der Waals surface area contributed by atoms with Gasteiger partial charge in [-0.1, -0.05) is 5.11 Å².